The molecule has 8 heteroatoms. The number of carbonyl (C=O) groups excluding carboxylic acids is 1. The van der Waals surface area contributed by atoms with Gasteiger partial charge in [0.05, 0.1) is 11.5 Å². The van der Waals surface area contributed by atoms with Crippen LogP contribution in [0.2, 0.25) is 0 Å². The molecule has 0 amide bonds. The van der Waals surface area contributed by atoms with E-state index in [9.17, 15) is 13.2 Å². The molecule has 0 aromatic heterocycles. The molecule has 6 nitrogen and oxygen atoms in total. The molecule has 1 atom stereocenters. The molecule has 0 bridgehead atoms. The number of likely N-dealkylation sites (tertiary alicyclic amines) is 1. The number of nitrogens with zero attached hydrogens (tertiary/aromatic N) is 2. The van der Waals surface area contributed by atoms with Gasteiger partial charge in [-0.3, -0.25) is 4.79 Å². The first-order chi connectivity index (χ1) is 13.8. The van der Waals surface area contributed by atoms with Crippen molar-refractivity contribution in [2.24, 2.45) is 0 Å². The molecule has 1 aliphatic heterocycles. The zero-order chi connectivity index (χ0) is 21.3. The van der Waals surface area contributed by atoms with Crippen LogP contribution in [0.3, 0.4) is 0 Å². The highest BCUT2D eigenvalue weighted by Gasteiger charge is 2.30. The molecule has 0 N–H and O–H groups in total. The number of ether oxygens (including phenoxy) is 1. The van der Waals surface area contributed by atoms with E-state index in [1.165, 1.54) is 31.5 Å². The Balaban J connectivity index is 2.13. The molecule has 1 saturated heterocycles. The molecule has 1 heterocycles. The predicted octanol–water partition coefficient (Wildman–Crippen LogP) is 3.62. The summed E-state index contributed by atoms with van der Waals surface area (Å²) in [6.07, 6.45) is 4.36. The summed E-state index contributed by atoms with van der Waals surface area (Å²) in [7, 11) is -3.66. The van der Waals surface area contributed by atoms with Crippen LogP contribution in [0.1, 0.15) is 46.5 Å². The van der Waals surface area contributed by atoms with Crippen LogP contribution in [0, 0.1) is 0 Å². The first-order valence-corrected chi connectivity index (χ1v) is 12.9. The zero-order valence-corrected chi connectivity index (χ0v) is 19.4. The highest BCUT2D eigenvalue weighted by atomic mass is 32.2. The van der Waals surface area contributed by atoms with Crippen LogP contribution in [0.15, 0.2) is 29.2 Å². The van der Waals surface area contributed by atoms with E-state index in [1.807, 2.05) is 6.92 Å². The molecule has 1 unspecified atom stereocenters. The molecule has 0 spiro atoms. The lowest BCUT2D eigenvalue weighted by molar-refractivity contribution is -0.109. The third kappa shape index (κ3) is 7.59. The molecule has 29 heavy (non-hydrogen) atoms. The lowest BCUT2D eigenvalue weighted by atomic mass is 10.3. The Morgan fingerprint density at radius 2 is 1.90 bits per heavy atom. The molecular formula is C21H34N2O4S2. The molecule has 2 rings (SSSR count). The van der Waals surface area contributed by atoms with E-state index in [4.69, 9.17) is 4.74 Å². The third-order valence-electron chi connectivity index (χ3n) is 5.05. The molecular weight excluding hydrogens is 408 g/mol. The minimum Gasteiger partial charge on any atom is -0.494 e. The molecule has 0 aliphatic carbocycles. The minimum absolute atomic E-state index is 0.00215. The van der Waals surface area contributed by atoms with Gasteiger partial charge < -0.3 is 9.64 Å². The van der Waals surface area contributed by atoms with Crippen molar-refractivity contribution >= 4 is 26.9 Å². The summed E-state index contributed by atoms with van der Waals surface area (Å²) in [6, 6.07) is 6.40. The quantitative estimate of drug-likeness (QED) is 0.461. The Kier molecular flexibility index (Phi) is 9.95. The summed E-state index contributed by atoms with van der Waals surface area (Å²) >= 11 is 1.17. The predicted molar refractivity (Wildman–Crippen MR) is 119 cm³/mol. The Labute approximate surface area is 180 Å². The summed E-state index contributed by atoms with van der Waals surface area (Å²) in [5.41, 5.74) is 0. The van der Waals surface area contributed by atoms with Crippen LogP contribution >= 0.6 is 11.8 Å². The van der Waals surface area contributed by atoms with Gasteiger partial charge in [0.2, 0.25) is 10.0 Å². The minimum atomic E-state index is -3.66. The van der Waals surface area contributed by atoms with Crippen LogP contribution in [0.25, 0.3) is 0 Å². The van der Waals surface area contributed by atoms with Crippen molar-refractivity contribution in [1.29, 1.82) is 0 Å². The number of hydrogen-bond acceptors (Lipinski definition) is 6. The standard InChI is InChI=1S/C21H34N2O4S2/c1-4-5-16-27-20-8-10-21(11-9-20)29(25,26)23(18(2)17-28-19(3)24)15-14-22-12-6-7-13-22/h8-11,18H,4-7,12-17H2,1-3H3. The number of rotatable bonds is 12. The number of sulfonamides is 1. The third-order valence-corrected chi connectivity index (χ3v) is 8.14. The smallest absolute Gasteiger partial charge is 0.243 e. The maximum atomic E-state index is 13.4. The fraction of sp³-hybridized carbons (Fsp3) is 0.667. The second-order valence-corrected chi connectivity index (χ2v) is 10.6. The molecule has 1 aromatic rings. The van der Waals surface area contributed by atoms with E-state index < -0.39 is 10.0 Å². The van der Waals surface area contributed by atoms with E-state index in [1.54, 1.807) is 28.6 Å². The lowest BCUT2D eigenvalue weighted by Crippen LogP contribution is -2.44. The first-order valence-electron chi connectivity index (χ1n) is 10.4. The highest BCUT2D eigenvalue weighted by molar-refractivity contribution is 8.13. The number of thioether (sulfide) groups is 1. The topological polar surface area (TPSA) is 66.9 Å². The summed E-state index contributed by atoms with van der Waals surface area (Å²) in [4.78, 5) is 13.9. The van der Waals surface area contributed by atoms with E-state index in [-0.39, 0.29) is 16.1 Å². The normalized spacial score (nSPS) is 16.3. The summed E-state index contributed by atoms with van der Waals surface area (Å²) < 4.78 is 33.9. The number of benzene rings is 1. The fourth-order valence-electron chi connectivity index (χ4n) is 3.32. The monoisotopic (exact) mass is 442 g/mol. The van der Waals surface area contributed by atoms with Crippen molar-refractivity contribution < 1.29 is 17.9 Å². The van der Waals surface area contributed by atoms with Crippen molar-refractivity contribution in [3.8, 4) is 5.75 Å². The van der Waals surface area contributed by atoms with Gasteiger partial charge in [0, 0.05) is 31.8 Å². The molecule has 0 saturated carbocycles. The summed E-state index contributed by atoms with van der Waals surface area (Å²) in [5, 5.41) is 0.00215. The van der Waals surface area contributed by atoms with Crippen molar-refractivity contribution in [2.45, 2.75) is 57.4 Å². The second kappa shape index (κ2) is 11.9. The number of unbranched alkanes of at least 4 members (excludes halogenated alkanes) is 1. The van der Waals surface area contributed by atoms with Crippen molar-refractivity contribution in [2.75, 3.05) is 38.5 Å². The second-order valence-electron chi connectivity index (χ2n) is 7.49. The molecule has 1 aromatic carbocycles. The first kappa shape index (κ1) is 24.2. The van der Waals surface area contributed by atoms with E-state index in [2.05, 4.69) is 11.8 Å². The van der Waals surface area contributed by atoms with Crippen LogP contribution in [-0.2, 0) is 14.8 Å². The largest absolute Gasteiger partial charge is 0.494 e. The van der Waals surface area contributed by atoms with E-state index in [0.29, 0.717) is 31.2 Å². The van der Waals surface area contributed by atoms with Crippen LogP contribution in [0.4, 0.5) is 0 Å². The lowest BCUT2D eigenvalue weighted by Gasteiger charge is -2.30. The van der Waals surface area contributed by atoms with Gasteiger partial charge in [0.25, 0.3) is 0 Å². The molecule has 1 aliphatic rings. The van der Waals surface area contributed by atoms with Crippen LogP contribution in [-0.4, -0.2) is 67.3 Å². The van der Waals surface area contributed by atoms with Gasteiger partial charge in [-0.05, 0) is 63.5 Å². The maximum absolute atomic E-state index is 13.4. The summed E-state index contributed by atoms with van der Waals surface area (Å²) in [6.45, 7) is 9.30. The maximum Gasteiger partial charge on any atom is 0.243 e. The van der Waals surface area contributed by atoms with Gasteiger partial charge in [-0.2, -0.15) is 4.31 Å². The number of hydrogen-bond donors (Lipinski definition) is 0. The van der Waals surface area contributed by atoms with Crippen LogP contribution in [0.5, 0.6) is 5.75 Å². The fourth-order valence-corrected chi connectivity index (χ4v) is 5.69. The van der Waals surface area contributed by atoms with Gasteiger partial charge in [-0.25, -0.2) is 8.42 Å². The van der Waals surface area contributed by atoms with Gasteiger partial charge in [-0.1, -0.05) is 25.1 Å². The average molecular weight is 443 g/mol. The molecule has 164 valence electrons. The Bertz CT molecular complexity index is 732. The Morgan fingerprint density at radius 3 is 2.48 bits per heavy atom. The highest BCUT2D eigenvalue weighted by Crippen LogP contribution is 2.23. The SMILES string of the molecule is CCCCOc1ccc(S(=O)(=O)N(CCN2CCCC2)C(C)CSC(C)=O)cc1. The number of carbonyl (C=O) groups is 1. The van der Waals surface area contributed by atoms with Gasteiger partial charge >= 0.3 is 0 Å². The summed E-state index contributed by atoms with van der Waals surface area (Å²) in [5.74, 6) is 1.13. The Hall–Kier alpha value is -1.09. The van der Waals surface area contributed by atoms with Gasteiger partial charge in [-0.15, -0.1) is 0 Å². The average Bonchev–Trinajstić information content (AvgIpc) is 3.20. The Morgan fingerprint density at radius 1 is 1.24 bits per heavy atom. The molecule has 0 radical (unpaired) electrons. The van der Waals surface area contributed by atoms with Crippen molar-refractivity contribution in [3.05, 3.63) is 24.3 Å². The van der Waals surface area contributed by atoms with Gasteiger partial charge in [0.1, 0.15) is 5.75 Å². The van der Waals surface area contributed by atoms with Crippen molar-refractivity contribution in [1.82, 2.24) is 9.21 Å². The molecule has 1 fully saturated rings. The van der Waals surface area contributed by atoms with Crippen LogP contribution < -0.4 is 4.74 Å². The zero-order valence-electron chi connectivity index (χ0n) is 17.8. The van der Waals surface area contributed by atoms with E-state index in [0.717, 1.165) is 25.9 Å². The van der Waals surface area contributed by atoms with Gasteiger partial charge in [0.15, 0.2) is 5.12 Å². The van der Waals surface area contributed by atoms with E-state index >= 15 is 0 Å². The van der Waals surface area contributed by atoms with Crippen molar-refractivity contribution in [3.63, 3.8) is 0 Å².